The molecular weight excluding hydrogens is 286 g/mol. The van der Waals surface area contributed by atoms with Crippen LogP contribution in [0.2, 0.25) is 0 Å². The van der Waals surface area contributed by atoms with E-state index >= 15 is 0 Å². The topological polar surface area (TPSA) is 41.5 Å². The highest BCUT2D eigenvalue weighted by molar-refractivity contribution is 5.51. The van der Waals surface area contributed by atoms with E-state index in [1.165, 1.54) is 5.56 Å². The summed E-state index contributed by atoms with van der Waals surface area (Å²) in [6.07, 6.45) is 3.00. The van der Waals surface area contributed by atoms with Crippen molar-refractivity contribution in [1.29, 1.82) is 0 Å². The van der Waals surface area contributed by atoms with Crippen molar-refractivity contribution in [3.05, 3.63) is 72.3 Å². The lowest BCUT2D eigenvalue weighted by molar-refractivity contribution is 0.117. The van der Waals surface area contributed by atoms with E-state index in [0.29, 0.717) is 6.54 Å². The van der Waals surface area contributed by atoms with Gasteiger partial charge in [0, 0.05) is 12.2 Å². The van der Waals surface area contributed by atoms with Crippen molar-refractivity contribution in [2.24, 2.45) is 0 Å². The summed E-state index contributed by atoms with van der Waals surface area (Å²) in [6, 6.07) is 16.0. The van der Waals surface area contributed by atoms with E-state index in [2.05, 4.69) is 24.9 Å². The Hall–Kier alpha value is -2.26. The number of aryl methyl sites for hydroxylation is 1. The number of aliphatic hydroxyl groups is 1. The van der Waals surface area contributed by atoms with Crippen LogP contribution in [-0.2, 0) is 12.8 Å². The van der Waals surface area contributed by atoms with E-state index in [0.717, 1.165) is 29.8 Å². The van der Waals surface area contributed by atoms with Gasteiger partial charge in [0.05, 0.1) is 0 Å². The SMILES string of the molecule is C=CCc1ccccc1OCC(O)CNc1ccccc1CC. The molecule has 2 aromatic carbocycles. The summed E-state index contributed by atoms with van der Waals surface area (Å²) >= 11 is 0. The van der Waals surface area contributed by atoms with Crippen molar-refractivity contribution in [3.63, 3.8) is 0 Å². The number of aliphatic hydroxyl groups excluding tert-OH is 1. The number of ether oxygens (including phenoxy) is 1. The van der Waals surface area contributed by atoms with Crippen LogP contribution in [0.1, 0.15) is 18.1 Å². The van der Waals surface area contributed by atoms with Gasteiger partial charge in [0.1, 0.15) is 18.5 Å². The van der Waals surface area contributed by atoms with E-state index < -0.39 is 6.10 Å². The Kier molecular flexibility index (Phi) is 6.70. The first-order valence-corrected chi connectivity index (χ1v) is 8.06. The van der Waals surface area contributed by atoms with E-state index in [9.17, 15) is 5.11 Å². The minimum absolute atomic E-state index is 0.259. The molecule has 0 aliphatic rings. The number of allylic oxidation sites excluding steroid dienone is 1. The zero-order valence-electron chi connectivity index (χ0n) is 13.7. The van der Waals surface area contributed by atoms with Gasteiger partial charge in [0.25, 0.3) is 0 Å². The Morgan fingerprint density at radius 3 is 2.57 bits per heavy atom. The average Bonchev–Trinajstić information content (AvgIpc) is 2.59. The van der Waals surface area contributed by atoms with Gasteiger partial charge < -0.3 is 15.2 Å². The van der Waals surface area contributed by atoms with E-state index in [-0.39, 0.29) is 6.61 Å². The van der Waals surface area contributed by atoms with Crippen LogP contribution in [0.5, 0.6) is 5.75 Å². The minimum atomic E-state index is -0.573. The maximum absolute atomic E-state index is 10.1. The first-order valence-electron chi connectivity index (χ1n) is 8.06. The molecule has 1 unspecified atom stereocenters. The fourth-order valence-electron chi connectivity index (χ4n) is 2.44. The third-order valence-electron chi connectivity index (χ3n) is 3.69. The maximum Gasteiger partial charge on any atom is 0.122 e. The molecule has 0 heterocycles. The van der Waals surface area contributed by atoms with Crippen molar-refractivity contribution in [2.45, 2.75) is 25.9 Å². The molecule has 3 nitrogen and oxygen atoms in total. The molecule has 0 aromatic heterocycles. The molecule has 23 heavy (non-hydrogen) atoms. The number of benzene rings is 2. The summed E-state index contributed by atoms with van der Waals surface area (Å²) in [5.74, 6) is 0.806. The molecule has 3 heteroatoms. The fourth-order valence-corrected chi connectivity index (χ4v) is 2.44. The summed E-state index contributed by atoms with van der Waals surface area (Å²) in [7, 11) is 0. The molecule has 0 fully saturated rings. The number of para-hydroxylation sites is 2. The van der Waals surface area contributed by atoms with Crippen LogP contribution in [0.25, 0.3) is 0 Å². The lowest BCUT2D eigenvalue weighted by atomic mass is 10.1. The normalized spacial score (nSPS) is 11.7. The van der Waals surface area contributed by atoms with E-state index in [4.69, 9.17) is 4.74 Å². The van der Waals surface area contributed by atoms with E-state index in [1.807, 2.05) is 48.5 Å². The van der Waals surface area contributed by atoms with Crippen LogP contribution < -0.4 is 10.1 Å². The number of rotatable bonds is 9. The molecule has 0 aliphatic heterocycles. The molecule has 0 aliphatic carbocycles. The van der Waals surface area contributed by atoms with Crippen LogP contribution in [0.4, 0.5) is 5.69 Å². The summed E-state index contributed by atoms with van der Waals surface area (Å²) in [6.45, 7) is 6.60. The summed E-state index contributed by atoms with van der Waals surface area (Å²) < 4.78 is 5.76. The van der Waals surface area contributed by atoms with Gasteiger partial charge in [-0.2, -0.15) is 0 Å². The van der Waals surface area contributed by atoms with Crippen LogP contribution in [0.15, 0.2) is 61.2 Å². The van der Waals surface area contributed by atoms with Gasteiger partial charge in [-0.15, -0.1) is 6.58 Å². The van der Waals surface area contributed by atoms with Crippen LogP contribution in [0.3, 0.4) is 0 Å². The molecule has 0 bridgehead atoms. The fraction of sp³-hybridized carbons (Fsp3) is 0.300. The van der Waals surface area contributed by atoms with Crippen LogP contribution in [-0.4, -0.2) is 24.4 Å². The van der Waals surface area contributed by atoms with Crippen molar-refractivity contribution < 1.29 is 9.84 Å². The van der Waals surface area contributed by atoms with Gasteiger partial charge in [-0.05, 0) is 36.1 Å². The molecule has 0 saturated carbocycles. The lowest BCUT2D eigenvalue weighted by Gasteiger charge is -2.17. The van der Waals surface area contributed by atoms with Gasteiger partial charge in [0.15, 0.2) is 0 Å². The van der Waals surface area contributed by atoms with Gasteiger partial charge in [-0.25, -0.2) is 0 Å². The third-order valence-corrected chi connectivity index (χ3v) is 3.69. The van der Waals surface area contributed by atoms with Crippen molar-refractivity contribution >= 4 is 5.69 Å². The predicted octanol–water partition coefficient (Wildman–Crippen LogP) is 3.83. The van der Waals surface area contributed by atoms with Crippen molar-refractivity contribution in [1.82, 2.24) is 0 Å². The first-order chi connectivity index (χ1) is 11.2. The summed E-state index contributed by atoms with van der Waals surface area (Å²) in [5.41, 5.74) is 3.40. The van der Waals surface area contributed by atoms with Gasteiger partial charge in [0.2, 0.25) is 0 Å². The highest BCUT2D eigenvalue weighted by Crippen LogP contribution is 2.19. The van der Waals surface area contributed by atoms with Gasteiger partial charge in [-0.3, -0.25) is 0 Å². The summed E-state index contributed by atoms with van der Waals surface area (Å²) in [4.78, 5) is 0. The summed E-state index contributed by atoms with van der Waals surface area (Å²) in [5, 5.41) is 13.4. The molecule has 2 N–H and O–H groups in total. The second kappa shape index (κ2) is 9.01. The average molecular weight is 311 g/mol. The Bertz CT molecular complexity index is 625. The van der Waals surface area contributed by atoms with Gasteiger partial charge >= 0.3 is 0 Å². The van der Waals surface area contributed by atoms with Gasteiger partial charge in [-0.1, -0.05) is 49.4 Å². The monoisotopic (exact) mass is 311 g/mol. The Labute approximate surface area is 138 Å². The molecule has 0 amide bonds. The Morgan fingerprint density at radius 2 is 1.83 bits per heavy atom. The highest BCUT2D eigenvalue weighted by atomic mass is 16.5. The minimum Gasteiger partial charge on any atom is -0.491 e. The molecule has 2 aromatic rings. The zero-order chi connectivity index (χ0) is 16.5. The number of hydrogen-bond acceptors (Lipinski definition) is 3. The molecule has 0 saturated heterocycles. The molecule has 0 spiro atoms. The molecule has 122 valence electrons. The maximum atomic E-state index is 10.1. The largest absolute Gasteiger partial charge is 0.491 e. The zero-order valence-corrected chi connectivity index (χ0v) is 13.7. The Balaban J connectivity index is 1.86. The molecule has 2 rings (SSSR count). The van der Waals surface area contributed by atoms with Crippen molar-refractivity contribution in [2.75, 3.05) is 18.5 Å². The second-order valence-corrected chi connectivity index (χ2v) is 5.46. The molecular formula is C20H25NO2. The predicted molar refractivity (Wildman–Crippen MR) is 96.2 cm³/mol. The second-order valence-electron chi connectivity index (χ2n) is 5.46. The van der Waals surface area contributed by atoms with Crippen LogP contribution >= 0.6 is 0 Å². The Morgan fingerprint density at radius 1 is 1.13 bits per heavy atom. The number of anilines is 1. The van der Waals surface area contributed by atoms with E-state index in [1.54, 1.807) is 0 Å². The standard InChI is InChI=1S/C20H25NO2/c1-3-9-17-11-6-8-13-20(17)23-15-18(22)14-21-19-12-7-5-10-16(19)4-2/h3,5-8,10-13,18,21-22H,1,4,9,14-15H2,2H3. The number of nitrogens with one attached hydrogen (secondary N) is 1. The third kappa shape index (κ3) is 5.15. The first kappa shape index (κ1) is 17.1. The molecule has 1 atom stereocenters. The smallest absolute Gasteiger partial charge is 0.122 e. The lowest BCUT2D eigenvalue weighted by Crippen LogP contribution is -2.26. The highest BCUT2D eigenvalue weighted by Gasteiger charge is 2.08. The van der Waals surface area contributed by atoms with Crippen molar-refractivity contribution in [3.8, 4) is 5.75 Å². The molecule has 0 radical (unpaired) electrons. The number of hydrogen-bond donors (Lipinski definition) is 2. The quantitative estimate of drug-likeness (QED) is 0.692. The van der Waals surface area contributed by atoms with Crippen LogP contribution in [0, 0.1) is 0 Å².